The van der Waals surface area contributed by atoms with E-state index < -0.39 is 23.7 Å². The molecule has 0 spiro atoms. The summed E-state index contributed by atoms with van der Waals surface area (Å²) in [5.41, 5.74) is 6.64. The maximum atomic E-state index is 14.4. The van der Waals surface area contributed by atoms with Gasteiger partial charge in [0.05, 0.1) is 10.8 Å². The first-order valence-corrected chi connectivity index (χ1v) is 18.1. The minimum Gasteiger partial charge on any atom is -0.242 e. The van der Waals surface area contributed by atoms with Gasteiger partial charge in [-0.15, -0.1) is 0 Å². The molecule has 0 unspecified atom stereocenters. The lowest BCUT2D eigenvalue weighted by Gasteiger charge is -2.38. The molecule has 4 aromatic rings. The summed E-state index contributed by atoms with van der Waals surface area (Å²) in [7, 11) is -0.0239. The van der Waals surface area contributed by atoms with Crippen LogP contribution < -0.4 is 15.9 Å². The fourth-order valence-corrected chi connectivity index (χ4v) is 9.65. The summed E-state index contributed by atoms with van der Waals surface area (Å²) in [4.78, 5) is 0. The lowest BCUT2D eigenvalue weighted by molar-refractivity contribution is 0.434. The Morgan fingerprint density at radius 1 is 0.628 bits per heavy atom. The average molecular weight is 612 g/mol. The van der Waals surface area contributed by atoms with Crippen molar-refractivity contribution in [2.75, 3.05) is 7.05 Å². The Labute approximate surface area is 265 Å². The molecule has 0 aliphatic rings. The van der Waals surface area contributed by atoms with Crippen molar-refractivity contribution in [1.29, 1.82) is 0 Å². The van der Waals surface area contributed by atoms with E-state index >= 15 is 0 Å². The Kier molecular flexibility index (Phi) is 10.9. The van der Waals surface area contributed by atoms with Gasteiger partial charge in [0.2, 0.25) is 0 Å². The summed E-state index contributed by atoms with van der Waals surface area (Å²) in [6.07, 6.45) is 0. The van der Waals surface area contributed by atoms with E-state index in [9.17, 15) is 4.21 Å². The number of hydrogen-bond acceptors (Lipinski definition) is 1. The van der Waals surface area contributed by atoms with Crippen LogP contribution in [0.4, 0.5) is 0 Å². The van der Waals surface area contributed by atoms with Gasteiger partial charge in [-0.25, -0.2) is 8.51 Å². The molecule has 0 heterocycles. The summed E-state index contributed by atoms with van der Waals surface area (Å²) in [5.74, 6) is 1.07. The first kappa shape index (κ1) is 33.3. The van der Waals surface area contributed by atoms with Crippen molar-refractivity contribution in [1.82, 2.24) is 4.31 Å². The van der Waals surface area contributed by atoms with Crippen molar-refractivity contribution in [3.05, 3.63) is 125 Å². The van der Waals surface area contributed by atoms with Crippen molar-refractivity contribution in [2.24, 2.45) is 0 Å². The van der Waals surface area contributed by atoms with Crippen molar-refractivity contribution >= 4 is 34.8 Å². The zero-order chi connectivity index (χ0) is 31.5. The van der Waals surface area contributed by atoms with Gasteiger partial charge in [-0.1, -0.05) is 139 Å². The van der Waals surface area contributed by atoms with E-state index in [2.05, 4.69) is 171 Å². The summed E-state index contributed by atoms with van der Waals surface area (Å²) in [6.45, 7) is 20.0. The van der Waals surface area contributed by atoms with E-state index in [-0.39, 0.29) is 6.04 Å². The lowest BCUT2D eigenvalue weighted by Crippen LogP contribution is -2.40. The maximum Gasteiger partial charge on any atom is 0.100 e. The Morgan fingerprint density at radius 2 is 1.07 bits per heavy atom. The fourth-order valence-electron chi connectivity index (χ4n) is 5.89. The summed E-state index contributed by atoms with van der Waals surface area (Å²) in [6, 6.07) is 35.4. The van der Waals surface area contributed by atoms with Gasteiger partial charge in [-0.3, -0.25) is 0 Å². The Bertz CT molecular complexity index is 1450. The largest absolute Gasteiger partial charge is 0.242 e. The first-order valence-electron chi connectivity index (χ1n) is 15.6. The molecule has 4 rings (SSSR count). The monoisotopic (exact) mass is 611 g/mol. The van der Waals surface area contributed by atoms with Crippen LogP contribution in [0.3, 0.4) is 0 Å². The summed E-state index contributed by atoms with van der Waals surface area (Å²) >= 11 is 0. The van der Waals surface area contributed by atoms with Crippen LogP contribution in [0.1, 0.15) is 114 Å². The van der Waals surface area contributed by atoms with E-state index in [1.807, 2.05) is 0 Å². The molecule has 4 aromatic carbocycles. The molecule has 2 atom stereocenters. The van der Waals surface area contributed by atoms with Gasteiger partial charge in [0.25, 0.3) is 0 Å². The van der Waals surface area contributed by atoms with Gasteiger partial charge in [0.1, 0.15) is 11.0 Å². The van der Waals surface area contributed by atoms with Crippen LogP contribution >= 0.6 is 7.92 Å². The third kappa shape index (κ3) is 7.39. The second-order valence-corrected chi connectivity index (χ2v) is 17.9. The zero-order valence-corrected chi connectivity index (χ0v) is 29.5. The van der Waals surface area contributed by atoms with Gasteiger partial charge < -0.3 is 0 Å². The SMILES string of the molecule is CC(C)c1cc(C(C)C)c([C@@H](c2ccccc2P(c2ccccc2)c2ccccc2)N(C)[S@](=O)C(C)(C)C)c(C(C)C)c1. The number of nitrogens with zero attached hydrogens (tertiary/aromatic N) is 1. The average Bonchev–Trinajstić information content (AvgIpc) is 2.98. The molecule has 0 aliphatic heterocycles. The van der Waals surface area contributed by atoms with Crippen LogP contribution in [-0.2, 0) is 11.0 Å². The number of hydrogen-bond donors (Lipinski definition) is 0. The minimum atomic E-state index is -1.24. The maximum absolute atomic E-state index is 14.4. The fraction of sp³-hybridized carbons (Fsp3) is 0.385. The highest BCUT2D eigenvalue weighted by Gasteiger charge is 2.36. The van der Waals surface area contributed by atoms with Crippen molar-refractivity contribution in [3.8, 4) is 0 Å². The highest BCUT2D eigenvalue weighted by atomic mass is 32.2. The first-order chi connectivity index (χ1) is 20.3. The highest BCUT2D eigenvalue weighted by molar-refractivity contribution is 7.84. The van der Waals surface area contributed by atoms with Crippen LogP contribution in [-0.4, -0.2) is 20.3 Å². The Hall–Kier alpha value is -2.58. The molecule has 43 heavy (non-hydrogen) atoms. The molecule has 0 bridgehead atoms. The van der Waals surface area contributed by atoms with E-state index in [4.69, 9.17) is 0 Å². The van der Waals surface area contributed by atoms with Crippen LogP contribution in [0, 0.1) is 0 Å². The Morgan fingerprint density at radius 3 is 1.49 bits per heavy atom. The van der Waals surface area contributed by atoms with Crippen LogP contribution in [0.15, 0.2) is 97.1 Å². The molecule has 2 nitrogen and oxygen atoms in total. The molecule has 0 aliphatic carbocycles. The second kappa shape index (κ2) is 14.0. The summed E-state index contributed by atoms with van der Waals surface area (Å²) < 4.78 is 16.1. The van der Waals surface area contributed by atoms with Crippen LogP contribution in [0.2, 0.25) is 0 Å². The molecule has 0 saturated carbocycles. The third-order valence-electron chi connectivity index (χ3n) is 8.10. The molecule has 0 saturated heterocycles. The summed E-state index contributed by atoms with van der Waals surface area (Å²) in [5, 5.41) is 3.95. The normalized spacial score (nSPS) is 13.8. The smallest absolute Gasteiger partial charge is 0.100 e. The molecule has 0 aromatic heterocycles. The van der Waals surface area contributed by atoms with Gasteiger partial charge in [0, 0.05) is 7.05 Å². The third-order valence-corrected chi connectivity index (χ3v) is 12.4. The van der Waals surface area contributed by atoms with Crippen molar-refractivity contribution in [2.45, 2.75) is 90.9 Å². The molecule has 0 radical (unpaired) electrons. The molecule has 0 fully saturated rings. The molecule has 0 amide bonds. The predicted molar refractivity (Wildman–Crippen MR) is 191 cm³/mol. The highest BCUT2D eigenvalue weighted by Crippen LogP contribution is 2.44. The van der Waals surface area contributed by atoms with Crippen molar-refractivity contribution in [3.63, 3.8) is 0 Å². The van der Waals surface area contributed by atoms with E-state index in [0.717, 1.165) is 0 Å². The molecular formula is C39H50NOPS. The van der Waals surface area contributed by atoms with Gasteiger partial charge in [0.15, 0.2) is 0 Å². The molecular weight excluding hydrogens is 561 g/mol. The zero-order valence-electron chi connectivity index (χ0n) is 27.8. The predicted octanol–water partition coefficient (Wildman–Crippen LogP) is 9.30. The van der Waals surface area contributed by atoms with Gasteiger partial charge in [-0.05, 0) is 90.2 Å². The standard InChI is InChI=1S/C39H50NOPS/c1-27(2)30-25-34(28(3)4)37(35(26-30)29(5)6)38(40(10)43(41)39(7,8)9)33-23-17-18-24-36(33)42(31-19-13-11-14-20-31)32-21-15-12-16-22-32/h11-29,38H,1-10H3/t38-,43-/m1/s1. The minimum absolute atomic E-state index is 0.176. The molecule has 0 N–H and O–H groups in total. The van der Waals surface area contributed by atoms with Crippen LogP contribution in [0.25, 0.3) is 0 Å². The Balaban J connectivity index is 2.12. The lowest BCUT2D eigenvalue weighted by atomic mass is 9.80. The van der Waals surface area contributed by atoms with E-state index in [0.29, 0.717) is 17.8 Å². The van der Waals surface area contributed by atoms with Gasteiger partial charge in [-0.2, -0.15) is 0 Å². The topological polar surface area (TPSA) is 20.3 Å². The number of benzene rings is 4. The van der Waals surface area contributed by atoms with Crippen LogP contribution in [0.5, 0.6) is 0 Å². The quantitative estimate of drug-likeness (QED) is 0.164. The molecule has 228 valence electrons. The van der Waals surface area contributed by atoms with Gasteiger partial charge >= 0.3 is 0 Å². The van der Waals surface area contributed by atoms with Crippen molar-refractivity contribution < 1.29 is 4.21 Å². The second-order valence-electron chi connectivity index (χ2n) is 13.5. The number of rotatable bonds is 10. The van der Waals surface area contributed by atoms with E-state index in [1.54, 1.807) is 0 Å². The van der Waals surface area contributed by atoms with E-state index in [1.165, 1.54) is 43.7 Å². The molecule has 4 heteroatoms.